The number of benzene rings is 1. The Hall–Kier alpha value is -1.61. The molecule has 1 aliphatic heterocycles. The van der Waals surface area contributed by atoms with E-state index in [-0.39, 0.29) is 24.4 Å². The van der Waals surface area contributed by atoms with Crippen molar-refractivity contribution in [2.45, 2.75) is 17.5 Å². The first-order valence-electron chi connectivity index (χ1n) is 6.02. The third-order valence-corrected chi connectivity index (χ3v) is 5.20. The molecule has 0 amide bonds. The zero-order valence-corrected chi connectivity index (χ0v) is 11.5. The lowest BCUT2D eigenvalue weighted by Crippen LogP contribution is -2.30. The van der Waals surface area contributed by atoms with Crippen molar-refractivity contribution < 1.29 is 31.5 Å². The van der Waals surface area contributed by atoms with Crippen LogP contribution in [-0.2, 0) is 21.0 Å². The average Bonchev–Trinajstić information content (AvgIpc) is 2.88. The minimum atomic E-state index is -4.54. The monoisotopic (exact) mass is 323 g/mol. The Morgan fingerprint density at radius 2 is 1.81 bits per heavy atom. The maximum atomic E-state index is 12.4. The quantitative estimate of drug-likeness (QED) is 0.920. The number of carboxylic acids is 1. The van der Waals surface area contributed by atoms with Gasteiger partial charge < -0.3 is 5.11 Å². The van der Waals surface area contributed by atoms with E-state index in [4.69, 9.17) is 5.11 Å². The molecule has 2 rings (SSSR count). The van der Waals surface area contributed by atoms with Crippen LogP contribution in [0.4, 0.5) is 13.2 Å². The third-order valence-electron chi connectivity index (χ3n) is 3.32. The van der Waals surface area contributed by atoms with E-state index in [1.54, 1.807) is 0 Å². The van der Waals surface area contributed by atoms with Crippen LogP contribution in [0.1, 0.15) is 12.0 Å². The summed E-state index contributed by atoms with van der Waals surface area (Å²) in [5.41, 5.74) is -0.939. The standard InChI is InChI=1S/C12H12F3NO4S/c13-12(14,15)9-1-3-10(4-2-9)21(19,20)16-6-5-8(7-16)11(17)18/h1-4,8H,5-7H2,(H,17,18)/t8-/m1/s1. The van der Waals surface area contributed by atoms with E-state index in [2.05, 4.69) is 0 Å². The van der Waals surface area contributed by atoms with Crippen molar-refractivity contribution in [1.82, 2.24) is 4.31 Å². The molecular formula is C12H12F3NO4S. The van der Waals surface area contributed by atoms with Gasteiger partial charge in [0.1, 0.15) is 0 Å². The molecule has 0 aliphatic carbocycles. The van der Waals surface area contributed by atoms with Crippen molar-refractivity contribution >= 4 is 16.0 Å². The Kier molecular flexibility index (Phi) is 3.98. The van der Waals surface area contributed by atoms with Crippen molar-refractivity contribution in [2.24, 2.45) is 5.92 Å². The molecule has 0 bridgehead atoms. The van der Waals surface area contributed by atoms with Gasteiger partial charge in [-0.1, -0.05) is 0 Å². The van der Waals surface area contributed by atoms with Gasteiger partial charge in [-0.3, -0.25) is 4.79 Å². The minimum absolute atomic E-state index is 0.0420. The summed E-state index contributed by atoms with van der Waals surface area (Å²) < 4.78 is 62.7. The first-order chi connectivity index (χ1) is 9.62. The first-order valence-corrected chi connectivity index (χ1v) is 7.46. The molecule has 0 aromatic heterocycles. The molecule has 116 valence electrons. The summed E-state index contributed by atoms with van der Waals surface area (Å²) in [6, 6.07) is 3.15. The normalized spacial score (nSPS) is 20.6. The summed E-state index contributed by atoms with van der Waals surface area (Å²) in [6.07, 6.45) is -4.35. The Balaban J connectivity index is 2.23. The van der Waals surface area contributed by atoms with Crippen LogP contribution in [-0.4, -0.2) is 36.9 Å². The van der Waals surface area contributed by atoms with Crippen molar-refractivity contribution in [3.05, 3.63) is 29.8 Å². The number of sulfonamides is 1. The molecule has 1 fully saturated rings. The molecule has 1 aromatic rings. The number of aliphatic carboxylic acids is 1. The lowest BCUT2D eigenvalue weighted by atomic mass is 10.1. The maximum Gasteiger partial charge on any atom is 0.416 e. The van der Waals surface area contributed by atoms with Crippen molar-refractivity contribution in [2.75, 3.05) is 13.1 Å². The van der Waals surface area contributed by atoms with E-state index in [9.17, 15) is 26.4 Å². The van der Waals surface area contributed by atoms with Crippen LogP contribution in [0.3, 0.4) is 0 Å². The molecule has 9 heteroatoms. The smallest absolute Gasteiger partial charge is 0.416 e. The average molecular weight is 323 g/mol. The second kappa shape index (κ2) is 5.30. The molecule has 0 spiro atoms. The van der Waals surface area contributed by atoms with Crippen LogP contribution >= 0.6 is 0 Å². The molecule has 1 saturated heterocycles. The molecule has 1 heterocycles. The van der Waals surface area contributed by atoms with Gasteiger partial charge in [0.25, 0.3) is 0 Å². The number of carboxylic acid groups (broad SMARTS) is 1. The summed E-state index contributed by atoms with van der Waals surface area (Å²) in [5.74, 6) is -1.87. The molecule has 0 radical (unpaired) electrons. The fraction of sp³-hybridized carbons (Fsp3) is 0.417. The number of nitrogens with zero attached hydrogens (tertiary/aromatic N) is 1. The molecule has 21 heavy (non-hydrogen) atoms. The van der Waals surface area contributed by atoms with Gasteiger partial charge in [0.15, 0.2) is 0 Å². The third kappa shape index (κ3) is 3.18. The minimum Gasteiger partial charge on any atom is -0.481 e. The second-order valence-electron chi connectivity index (χ2n) is 4.71. The van der Waals surface area contributed by atoms with E-state index in [1.807, 2.05) is 0 Å². The SMILES string of the molecule is O=C(O)[C@@H]1CCN(S(=O)(=O)c2ccc(C(F)(F)F)cc2)C1. The van der Waals surface area contributed by atoms with Gasteiger partial charge in [-0.2, -0.15) is 17.5 Å². The summed E-state index contributed by atoms with van der Waals surface area (Å²) in [4.78, 5) is 10.5. The Morgan fingerprint density at radius 1 is 1.24 bits per heavy atom. The molecule has 0 saturated carbocycles. The van der Waals surface area contributed by atoms with Crippen LogP contribution in [0.2, 0.25) is 0 Å². The highest BCUT2D eigenvalue weighted by Crippen LogP contribution is 2.31. The first kappa shape index (κ1) is 15.8. The summed E-state index contributed by atoms with van der Waals surface area (Å²) in [5, 5.41) is 8.85. The number of rotatable bonds is 3. The Labute approximate surface area is 119 Å². The lowest BCUT2D eigenvalue weighted by Gasteiger charge is -2.16. The zero-order valence-electron chi connectivity index (χ0n) is 10.7. The zero-order chi connectivity index (χ0) is 15.8. The summed E-state index contributed by atoms with van der Waals surface area (Å²) >= 11 is 0. The Morgan fingerprint density at radius 3 is 2.24 bits per heavy atom. The van der Waals surface area contributed by atoms with Gasteiger partial charge >= 0.3 is 12.1 Å². The highest BCUT2D eigenvalue weighted by Gasteiger charge is 2.36. The molecule has 1 atom stereocenters. The molecular weight excluding hydrogens is 311 g/mol. The number of alkyl halides is 3. The topological polar surface area (TPSA) is 74.7 Å². The van der Waals surface area contributed by atoms with Crippen LogP contribution < -0.4 is 0 Å². The summed E-state index contributed by atoms with van der Waals surface area (Å²) in [7, 11) is -3.96. The van der Waals surface area contributed by atoms with Crippen molar-refractivity contribution in [3.8, 4) is 0 Å². The fourth-order valence-corrected chi connectivity index (χ4v) is 3.61. The number of carbonyl (C=O) groups is 1. The van der Waals surface area contributed by atoms with Gasteiger partial charge in [0, 0.05) is 13.1 Å². The van der Waals surface area contributed by atoms with Crippen LogP contribution in [0.15, 0.2) is 29.2 Å². The van der Waals surface area contributed by atoms with Gasteiger partial charge in [-0.15, -0.1) is 0 Å². The van der Waals surface area contributed by atoms with E-state index < -0.39 is 33.7 Å². The van der Waals surface area contributed by atoms with Crippen LogP contribution in [0.25, 0.3) is 0 Å². The highest BCUT2D eigenvalue weighted by atomic mass is 32.2. The van der Waals surface area contributed by atoms with E-state index in [1.165, 1.54) is 0 Å². The molecule has 0 unspecified atom stereocenters. The van der Waals surface area contributed by atoms with Gasteiger partial charge in [-0.05, 0) is 30.7 Å². The number of halogens is 3. The predicted molar refractivity (Wildman–Crippen MR) is 65.9 cm³/mol. The Bertz CT molecular complexity index is 639. The predicted octanol–water partition coefficient (Wildman–Crippen LogP) is 1.80. The number of hydrogen-bond acceptors (Lipinski definition) is 3. The van der Waals surface area contributed by atoms with Crippen LogP contribution in [0, 0.1) is 5.92 Å². The largest absolute Gasteiger partial charge is 0.481 e. The van der Waals surface area contributed by atoms with Crippen molar-refractivity contribution in [3.63, 3.8) is 0 Å². The maximum absolute atomic E-state index is 12.4. The fourth-order valence-electron chi connectivity index (χ4n) is 2.11. The molecule has 1 aromatic carbocycles. The second-order valence-corrected chi connectivity index (χ2v) is 6.65. The number of hydrogen-bond donors (Lipinski definition) is 1. The highest BCUT2D eigenvalue weighted by molar-refractivity contribution is 7.89. The van der Waals surface area contributed by atoms with E-state index in [0.717, 1.165) is 16.4 Å². The molecule has 5 nitrogen and oxygen atoms in total. The van der Waals surface area contributed by atoms with Gasteiger partial charge in [0.05, 0.1) is 16.4 Å². The molecule has 1 aliphatic rings. The van der Waals surface area contributed by atoms with E-state index in [0.29, 0.717) is 12.1 Å². The van der Waals surface area contributed by atoms with Crippen molar-refractivity contribution in [1.29, 1.82) is 0 Å². The summed E-state index contributed by atoms with van der Waals surface area (Å²) in [6.45, 7) is -0.126. The van der Waals surface area contributed by atoms with Gasteiger partial charge in [-0.25, -0.2) is 8.42 Å². The lowest BCUT2D eigenvalue weighted by molar-refractivity contribution is -0.141. The van der Waals surface area contributed by atoms with Crippen LogP contribution in [0.5, 0.6) is 0 Å². The van der Waals surface area contributed by atoms with Gasteiger partial charge in [0.2, 0.25) is 10.0 Å². The van der Waals surface area contributed by atoms with E-state index >= 15 is 0 Å². The molecule has 1 N–H and O–H groups in total.